The number of fused-ring (bicyclic) bond motifs is 1. The molecule has 0 aromatic carbocycles. The monoisotopic (exact) mass is 873 g/mol. The number of nitrogens with zero attached hydrogens (tertiary/aromatic N) is 2. The standard InChI is InChI=1S/C44H76N2O15/c1-16-31-44(10)37(60-41(50)61-44)28(6)46(13)23-24(2)21-42(8,51)36(59-40-34(48)30(45(11)12)20-25(3)55-40)26(4)35(27(5)39(49)57-31)58-33-22-43(9,53-15)38(29(7)56-33)54-19-17-18-32(47)52-14/h17-18,24-31,33-38,40,48,51H,16,19-23H2,1-15H3/t24-,25-,26+,27-,28-,29+,30+,31-,33?,34-,35+,36-,37+,38+,40+,42-,43-,44-/m1/s1. The minimum absolute atomic E-state index is 0.0860. The van der Waals surface area contributed by atoms with Crippen LogP contribution in [-0.2, 0) is 57.0 Å². The molecule has 0 radical (unpaired) electrons. The van der Waals surface area contributed by atoms with Crippen LogP contribution in [0.25, 0.3) is 0 Å². The summed E-state index contributed by atoms with van der Waals surface area (Å²) in [7, 11) is 8.56. The minimum Gasteiger partial charge on any atom is -0.466 e. The summed E-state index contributed by atoms with van der Waals surface area (Å²) in [5.74, 6) is -3.06. The van der Waals surface area contributed by atoms with Crippen molar-refractivity contribution in [2.75, 3.05) is 48.5 Å². The van der Waals surface area contributed by atoms with E-state index in [0.29, 0.717) is 19.4 Å². The van der Waals surface area contributed by atoms with Gasteiger partial charge in [0.1, 0.15) is 18.3 Å². The number of rotatable bonds is 11. The summed E-state index contributed by atoms with van der Waals surface area (Å²) < 4.78 is 61.4. The maximum Gasteiger partial charge on any atom is 0.509 e. The van der Waals surface area contributed by atoms with Gasteiger partial charge in [-0.05, 0) is 94.8 Å². The molecule has 0 aromatic rings. The van der Waals surface area contributed by atoms with Crippen molar-refractivity contribution in [2.24, 2.45) is 17.8 Å². The highest BCUT2D eigenvalue weighted by Crippen LogP contribution is 2.42. The first kappa shape index (κ1) is 51.2. The molecule has 4 aliphatic heterocycles. The summed E-state index contributed by atoms with van der Waals surface area (Å²) >= 11 is 0. The van der Waals surface area contributed by atoms with E-state index in [-0.39, 0.29) is 43.6 Å². The Labute approximate surface area is 362 Å². The maximum absolute atomic E-state index is 14.6. The van der Waals surface area contributed by atoms with E-state index in [0.717, 1.165) is 0 Å². The molecule has 4 aliphatic rings. The van der Waals surface area contributed by atoms with Gasteiger partial charge in [-0.1, -0.05) is 26.8 Å². The predicted molar refractivity (Wildman–Crippen MR) is 222 cm³/mol. The molecule has 2 N–H and O–H groups in total. The van der Waals surface area contributed by atoms with Gasteiger partial charge in [-0.2, -0.15) is 0 Å². The SMILES string of the molecule is CC[C@H]1OC(=O)[C@H](C)[C@@H](OC2C[C@@](C)(OC)[C@@H](OCC=CC(=O)OC)[C@H](C)O2)[C@H](C)[C@@H](O[C@@H]2O[C@H](C)C[C@H](N(C)C)[C@H]2O)[C@](C)(O)C[C@@H](C)CN(C)[C@H](C)[C@@H]2OC(=O)O[C@]12C. The van der Waals surface area contributed by atoms with Crippen LogP contribution in [0.5, 0.6) is 0 Å². The zero-order valence-corrected chi connectivity index (χ0v) is 39.2. The molecule has 61 heavy (non-hydrogen) atoms. The largest absolute Gasteiger partial charge is 0.509 e. The van der Waals surface area contributed by atoms with Crippen molar-refractivity contribution >= 4 is 18.1 Å². The van der Waals surface area contributed by atoms with E-state index in [1.54, 1.807) is 34.0 Å². The van der Waals surface area contributed by atoms with Gasteiger partial charge in [0.05, 0.1) is 55.3 Å². The molecule has 0 amide bonds. The predicted octanol–water partition coefficient (Wildman–Crippen LogP) is 3.84. The van der Waals surface area contributed by atoms with E-state index < -0.39 is 102 Å². The van der Waals surface area contributed by atoms with Gasteiger partial charge in [-0.15, -0.1) is 0 Å². The van der Waals surface area contributed by atoms with Crippen molar-refractivity contribution in [1.29, 1.82) is 0 Å². The summed E-state index contributed by atoms with van der Waals surface area (Å²) in [6.45, 7) is 19.0. The maximum atomic E-state index is 14.6. The van der Waals surface area contributed by atoms with Gasteiger partial charge in [0, 0.05) is 44.2 Å². The molecule has 0 aromatic heterocycles. The summed E-state index contributed by atoms with van der Waals surface area (Å²) in [5.41, 5.74) is -3.85. The Morgan fingerprint density at radius 2 is 1.66 bits per heavy atom. The highest BCUT2D eigenvalue weighted by Gasteiger charge is 2.58. The van der Waals surface area contributed by atoms with Gasteiger partial charge in [-0.25, -0.2) is 9.59 Å². The first-order valence-electron chi connectivity index (χ1n) is 21.8. The number of carbonyl (C=O) groups excluding carboxylic acids is 3. The molecule has 18 atom stereocenters. The number of hydrogen-bond donors (Lipinski definition) is 2. The normalized spacial score (nSPS) is 44.7. The Morgan fingerprint density at radius 1 is 0.984 bits per heavy atom. The highest BCUT2D eigenvalue weighted by atomic mass is 16.8. The molecule has 17 nitrogen and oxygen atoms in total. The second-order valence-electron chi connectivity index (χ2n) is 18.8. The lowest BCUT2D eigenvalue weighted by molar-refractivity contribution is -0.320. The van der Waals surface area contributed by atoms with E-state index in [1.165, 1.54) is 13.2 Å². The molecule has 0 spiro atoms. The zero-order valence-electron chi connectivity index (χ0n) is 39.2. The van der Waals surface area contributed by atoms with Gasteiger partial charge in [0.2, 0.25) is 0 Å². The van der Waals surface area contributed by atoms with Crippen molar-refractivity contribution in [3.05, 3.63) is 12.2 Å². The lowest BCUT2D eigenvalue weighted by Gasteiger charge is -2.49. The van der Waals surface area contributed by atoms with E-state index in [1.807, 2.05) is 79.4 Å². The van der Waals surface area contributed by atoms with Gasteiger partial charge in [0.15, 0.2) is 24.3 Å². The van der Waals surface area contributed by atoms with Crippen LogP contribution in [-0.4, -0.2) is 177 Å². The van der Waals surface area contributed by atoms with Gasteiger partial charge < -0.3 is 62.5 Å². The summed E-state index contributed by atoms with van der Waals surface area (Å²) in [5, 5.41) is 24.4. The molecule has 0 bridgehead atoms. The number of methoxy groups -OCH3 is 2. The zero-order chi connectivity index (χ0) is 45.8. The molecule has 17 heteroatoms. The first-order valence-corrected chi connectivity index (χ1v) is 21.8. The lowest BCUT2D eigenvalue weighted by atomic mass is 9.77. The van der Waals surface area contributed by atoms with Crippen molar-refractivity contribution < 1.29 is 72.0 Å². The Kier molecular flexibility index (Phi) is 17.6. The quantitative estimate of drug-likeness (QED) is 0.173. The molecular formula is C44H76N2O15. The average Bonchev–Trinajstić information content (AvgIpc) is 3.50. The third-order valence-corrected chi connectivity index (χ3v) is 13.5. The molecule has 4 heterocycles. The number of hydrogen-bond acceptors (Lipinski definition) is 17. The molecular weight excluding hydrogens is 796 g/mol. The van der Waals surface area contributed by atoms with Crippen molar-refractivity contribution in [3.8, 4) is 0 Å². The van der Waals surface area contributed by atoms with Crippen LogP contribution in [0.3, 0.4) is 0 Å². The van der Waals surface area contributed by atoms with Crippen LogP contribution in [0, 0.1) is 17.8 Å². The minimum atomic E-state index is -1.58. The van der Waals surface area contributed by atoms with Crippen molar-refractivity contribution in [2.45, 2.75) is 185 Å². The molecule has 0 aliphatic carbocycles. The topological polar surface area (TPSA) is 190 Å². The smallest absolute Gasteiger partial charge is 0.466 e. The summed E-state index contributed by atoms with van der Waals surface area (Å²) in [6, 6.07) is -0.655. The number of cyclic esters (lactones) is 1. The molecule has 4 rings (SSSR count). The second kappa shape index (κ2) is 21.0. The van der Waals surface area contributed by atoms with Crippen molar-refractivity contribution in [3.63, 3.8) is 0 Å². The molecule has 352 valence electrons. The molecule has 4 saturated heterocycles. The van der Waals surface area contributed by atoms with E-state index >= 15 is 0 Å². The molecule has 4 fully saturated rings. The van der Waals surface area contributed by atoms with Gasteiger partial charge >= 0.3 is 18.1 Å². The van der Waals surface area contributed by atoms with Gasteiger partial charge in [-0.3, -0.25) is 9.69 Å². The van der Waals surface area contributed by atoms with E-state index in [2.05, 4.69) is 4.74 Å². The Hall–Kier alpha value is -2.45. The number of carbonyl (C=O) groups is 3. The summed E-state index contributed by atoms with van der Waals surface area (Å²) in [4.78, 5) is 43.1. The van der Waals surface area contributed by atoms with Crippen molar-refractivity contribution in [1.82, 2.24) is 9.80 Å². The van der Waals surface area contributed by atoms with E-state index in [4.69, 9.17) is 42.6 Å². The fraction of sp³-hybridized carbons (Fsp3) is 0.886. The lowest BCUT2D eigenvalue weighted by Crippen LogP contribution is -2.61. The first-order chi connectivity index (χ1) is 28.4. The van der Waals surface area contributed by atoms with Crippen LogP contribution < -0.4 is 0 Å². The molecule has 0 saturated carbocycles. The van der Waals surface area contributed by atoms with Crippen LogP contribution >= 0.6 is 0 Å². The average molecular weight is 873 g/mol. The third-order valence-electron chi connectivity index (χ3n) is 13.5. The Morgan fingerprint density at radius 3 is 2.26 bits per heavy atom. The second-order valence-corrected chi connectivity index (χ2v) is 18.8. The Balaban J connectivity index is 1.79. The number of ether oxygens (including phenoxy) is 10. The summed E-state index contributed by atoms with van der Waals surface area (Å²) in [6.07, 6.45) is -5.07. The fourth-order valence-electron chi connectivity index (χ4n) is 10.0. The third kappa shape index (κ3) is 11.8. The number of aliphatic hydroxyl groups is 2. The van der Waals surface area contributed by atoms with Crippen LogP contribution in [0.15, 0.2) is 12.2 Å². The fourth-order valence-corrected chi connectivity index (χ4v) is 10.0. The van der Waals surface area contributed by atoms with Gasteiger partial charge in [0.25, 0.3) is 0 Å². The highest BCUT2D eigenvalue weighted by molar-refractivity contribution is 5.81. The van der Waals surface area contributed by atoms with E-state index in [9.17, 15) is 24.6 Å². The van der Waals surface area contributed by atoms with Crippen LogP contribution in [0.2, 0.25) is 0 Å². The number of likely N-dealkylation sites (N-methyl/N-ethyl adjacent to an activating group) is 2. The van der Waals surface area contributed by atoms with Crippen LogP contribution in [0.1, 0.15) is 94.9 Å². The number of aliphatic hydroxyl groups excluding tert-OH is 1. The molecule has 1 unspecified atom stereocenters. The van der Waals surface area contributed by atoms with Crippen LogP contribution in [0.4, 0.5) is 4.79 Å². The Bertz CT molecular complexity index is 1500. The number of esters is 2.